The van der Waals surface area contributed by atoms with E-state index in [1.807, 2.05) is 0 Å². The van der Waals surface area contributed by atoms with Crippen molar-refractivity contribution in [3.63, 3.8) is 0 Å². The van der Waals surface area contributed by atoms with Crippen LogP contribution < -0.4 is 5.56 Å². The molecule has 0 spiro atoms. The van der Waals surface area contributed by atoms with E-state index < -0.39 is 0 Å². The summed E-state index contributed by atoms with van der Waals surface area (Å²) >= 11 is 3.29. The van der Waals surface area contributed by atoms with Gasteiger partial charge in [-0.1, -0.05) is 18.7 Å². The van der Waals surface area contributed by atoms with Gasteiger partial charge in [-0.2, -0.15) is 0 Å². The summed E-state index contributed by atoms with van der Waals surface area (Å²) in [5.41, 5.74) is 1.09. The molecule has 1 aliphatic rings. The van der Waals surface area contributed by atoms with Crippen LogP contribution in [-0.4, -0.2) is 34.8 Å². The Morgan fingerprint density at radius 1 is 1.56 bits per heavy atom. The Labute approximate surface area is 116 Å². The van der Waals surface area contributed by atoms with Crippen LogP contribution in [0.25, 0.3) is 0 Å². The normalized spacial score (nSPS) is 13.9. The van der Waals surface area contributed by atoms with Gasteiger partial charge in [0.05, 0.1) is 23.7 Å². The average molecular weight is 286 g/mol. The maximum Gasteiger partial charge on any atom is 0.268 e. The van der Waals surface area contributed by atoms with E-state index in [2.05, 4.69) is 11.9 Å². The van der Waals surface area contributed by atoms with Crippen molar-refractivity contribution in [2.75, 3.05) is 25.2 Å². The van der Waals surface area contributed by atoms with E-state index in [4.69, 9.17) is 4.74 Å². The fourth-order valence-corrected chi connectivity index (χ4v) is 3.75. The molecule has 0 N–H and O–H groups in total. The van der Waals surface area contributed by atoms with Crippen LogP contribution in [0.2, 0.25) is 0 Å². The highest BCUT2D eigenvalue weighted by Gasteiger charge is 2.21. The predicted molar refractivity (Wildman–Crippen MR) is 75.8 cm³/mol. The lowest BCUT2D eigenvalue weighted by molar-refractivity contribution is 0.182. The molecule has 1 aromatic heterocycles. The Kier molecular flexibility index (Phi) is 5.14. The van der Waals surface area contributed by atoms with Crippen molar-refractivity contribution in [3.8, 4) is 0 Å². The van der Waals surface area contributed by atoms with Crippen LogP contribution in [0.1, 0.15) is 19.0 Å². The Hall–Kier alpha value is -0.460. The molecule has 6 heteroatoms. The summed E-state index contributed by atoms with van der Waals surface area (Å²) in [6.07, 6.45) is 2.00. The summed E-state index contributed by atoms with van der Waals surface area (Å²) in [5, 5.41) is 0.847. The zero-order valence-electron chi connectivity index (χ0n) is 10.8. The molecule has 2 rings (SSSR count). The standard InChI is InChI=1S/C12H18N2O2S2/c1-3-7-18-12-13-9-4-8-17-10(9)11(15)14(12)5-6-16-2/h3-8H2,1-2H3. The lowest BCUT2D eigenvalue weighted by Gasteiger charge is -2.12. The highest BCUT2D eigenvalue weighted by atomic mass is 32.2. The summed E-state index contributed by atoms with van der Waals surface area (Å²) in [6, 6.07) is 0. The van der Waals surface area contributed by atoms with Crippen LogP contribution in [0, 0.1) is 0 Å². The SMILES string of the molecule is CCCSc1nc2c(c(=O)n1CCOC)SCC2. The quantitative estimate of drug-likeness (QED) is 0.591. The molecule has 0 radical (unpaired) electrons. The molecule has 0 aromatic carbocycles. The molecule has 0 bridgehead atoms. The van der Waals surface area contributed by atoms with Gasteiger partial charge < -0.3 is 4.74 Å². The van der Waals surface area contributed by atoms with Gasteiger partial charge in [0.25, 0.3) is 5.56 Å². The van der Waals surface area contributed by atoms with E-state index in [9.17, 15) is 4.79 Å². The molecular weight excluding hydrogens is 268 g/mol. The van der Waals surface area contributed by atoms with Gasteiger partial charge in [0.15, 0.2) is 5.16 Å². The maximum absolute atomic E-state index is 12.4. The van der Waals surface area contributed by atoms with Crippen LogP contribution in [-0.2, 0) is 17.7 Å². The molecule has 0 saturated heterocycles. The van der Waals surface area contributed by atoms with Gasteiger partial charge in [0.2, 0.25) is 0 Å². The minimum absolute atomic E-state index is 0.109. The van der Waals surface area contributed by atoms with Crippen molar-refractivity contribution in [2.24, 2.45) is 0 Å². The molecule has 0 atom stereocenters. The lowest BCUT2D eigenvalue weighted by atomic mass is 10.3. The molecule has 0 unspecified atom stereocenters. The van der Waals surface area contributed by atoms with Gasteiger partial charge in [-0.3, -0.25) is 9.36 Å². The molecule has 0 saturated carbocycles. The van der Waals surface area contributed by atoms with Crippen LogP contribution >= 0.6 is 23.5 Å². The van der Waals surface area contributed by atoms with Gasteiger partial charge >= 0.3 is 0 Å². The summed E-state index contributed by atoms with van der Waals surface area (Å²) < 4.78 is 6.84. The minimum atomic E-state index is 0.109. The Balaban J connectivity index is 2.36. The van der Waals surface area contributed by atoms with Crippen LogP contribution in [0.15, 0.2) is 14.8 Å². The zero-order valence-corrected chi connectivity index (χ0v) is 12.4. The molecule has 18 heavy (non-hydrogen) atoms. The fraction of sp³-hybridized carbons (Fsp3) is 0.667. The molecule has 1 aromatic rings. The van der Waals surface area contributed by atoms with Gasteiger partial charge in [0.1, 0.15) is 0 Å². The highest BCUT2D eigenvalue weighted by molar-refractivity contribution is 7.99. The van der Waals surface area contributed by atoms with Crippen molar-refractivity contribution in [1.29, 1.82) is 0 Å². The summed E-state index contributed by atoms with van der Waals surface area (Å²) in [4.78, 5) is 17.9. The first-order valence-electron chi connectivity index (χ1n) is 6.16. The van der Waals surface area contributed by atoms with Gasteiger partial charge in [-0.25, -0.2) is 4.98 Å². The summed E-state index contributed by atoms with van der Waals surface area (Å²) in [5.74, 6) is 1.97. The van der Waals surface area contributed by atoms with E-state index in [0.29, 0.717) is 13.2 Å². The van der Waals surface area contributed by atoms with E-state index in [-0.39, 0.29) is 5.56 Å². The maximum atomic E-state index is 12.4. The first-order valence-corrected chi connectivity index (χ1v) is 8.13. The third-order valence-corrected chi connectivity index (χ3v) is 4.99. The number of ether oxygens (including phenoxy) is 1. The molecule has 0 amide bonds. The van der Waals surface area contributed by atoms with Crippen molar-refractivity contribution in [2.45, 2.75) is 36.4 Å². The molecule has 100 valence electrons. The zero-order chi connectivity index (χ0) is 13.0. The van der Waals surface area contributed by atoms with E-state index >= 15 is 0 Å². The minimum Gasteiger partial charge on any atom is -0.383 e. The molecule has 4 nitrogen and oxygen atoms in total. The summed E-state index contributed by atoms with van der Waals surface area (Å²) in [7, 11) is 1.65. The third-order valence-electron chi connectivity index (χ3n) is 2.70. The topological polar surface area (TPSA) is 44.1 Å². The largest absolute Gasteiger partial charge is 0.383 e. The predicted octanol–water partition coefficient (Wildman–Crippen LogP) is 2.04. The first-order chi connectivity index (χ1) is 8.77. The van der Waals surface area contributed by atoms with Crippen molar-refractivity contribution < 1.29 is 4.74 Å². The van der Waals surface area contributed by atoms with Gasteiger partial charge in [-0.05, 0) is 6.42 Å². The average Bonchev–Trinajstić information content (AvgIpc) is 2.84. The number of fused-ring (bicyclic) bond motifs is 1. The molecule has 0 fully saturated rings. The van der Waals surface area contributed by atoms with E-state index in [1.165, 1.54) is 0 Å². The first kappa shape index (κ1) is 14.0. The van der Waals surface area contributed by atoms with Crippen LogP contribution in [0.3, 0.4) is 0 Å². The lowest BCUT2D eigenvalue weighted by Crippen LogP contribution is -2.27. The fourth-order valence-electron chi connectivity index (χ4n) is 1.81. The second-order valence-corrected chi connectivity index (χ2v) is 6.23. The third kappa shape index (κ3) is 2.92. The number of thioether (sulfide) groups is 2. The van der Waals surface area contributed by atoms with Crippen molar-refractivity contribution >= 4 is 23.5 Å². The number of aromatic nitrogens is 2. The Morgan fingerprint density at radius 2 is 2.39 bits per heavy atom. The molecule has 0 aliphatic carbocycles. The van der Waals surface area contributed by atoms with Crippen LogP contribution in [0.5, 0.6) is 0 Å². The number of hydrogen-bond donors (Lipinski definition) is 0. The molecule has 1 aliphatic heterocycles. The van der Waals surface area contributed by atoms with Gasteiger partial charge in [-0.15, -0.1) is 11.8 Å². The van der Waals surface area contributed by atoms with Crippen molar-refractivity contribution in [3.05, 3.63) is 16.0 Å². The Bertz CT molecular complexity index is 474. The number of aryl methyl sites for hydroxylation is 1. The van der Waals surface area contributed by atoms with E-state index in [0.717, 1.165) is 40.1 Å². The number of rotatable bonds is 6. The number of hydrogen-bond acceptors (Lipinski definition) is 5. The second kappa shape index (κ2) is 6.63. The number of nitrogens with zero attached hydrogens (tertiary/aromatic N) is 2. The van der Waals surface area contributed by atoms with Crippen molar-refractivity contribution in [1.82, 2.24) is 9.55 Å². The van der Waals surface area contributed by atoms with E-state index in [1.54, 1.807) is 35.2 Å². The number of methoxy groups -OCH3 is 1. The smallest absolute Gasteiger partial charge is 0.268 e. The molecule has 2 heterocycles. The molecular formula is C12H18N2O2S2. The second-order valence-electron chi connectivity index (χ2n) is 4.07. The monoisotopic (exact) mass is 286 g/mol. The Morgan fingerprint density at radius 3 is 3.11 bits per heavy atom. The van der Waals surface area contributed by atoms with Crippen LogP contribution in [0.4, 0.5) is 0 Å². The highest BCUT2D eigenvalue weighted by Crippen LogP contribution is 2.28. The van der Waals surface area contributed by atoms with Gasteiger partial charge in [0, 0.05) is 25.0 Å². The summed E-state index contributed by atoms with van der Waals surface area (Å²) in [6.45, 7) is 3.26.